The van der Waals surface area contributed by atoms with Gasteiger partial charge in [0.25, 0.3) is 0 Å². The highest BCUT2D eigenvalue weighted by atomic mass is 15.3. The number of hydrogen-bond acceptors (Lipinski definition) is 3. The first-order valence-electron chi connectivity index (χ1n) is 5.27. The van der Waals surface area contributed by atoms with Crippen molar-refractivity contribution in [3.8, 4) is 11.8 Å². The molecule has 2 aromatic heterocycles. The minimum atomic E-state index is 0.659. The number of aryl methyl sites for hydroxylation is 1. The molecular formula is C12H14N4. The molecule has 0 radical (unpaired) electrons. The van der Waals surface area contributed by atoms with Crippen molar-refractivity contribution < 1.29 is 0 Å². The van der Waals surface area contributed by atoms with Crippen LogP contribution in [0.4, 0.5) is 5.95 Å². The van der Waals surface area contributed by atoms with E-state index in [0.717, 1.165) is 24.2 Å². The molecule has 0 bridgehead atoms. The van der Waals surface area contributed by atoms with Crippen LogP contribution in [0.5, 0.6) is 0 Å². The second-order valence-corrected chi connectivity index (χ2v) is 3.50. The molecule has 4 nitrogen and oxygen atoms in total. The monoisotopic (exact) mass is 214 g/mol. The fourth-order valence-corrected chi connectivity index (χ4v) is 1.48. The number of hydrogen-bond donors (Lipinski definition) is 1. The van der Waals surface area contributed by atoms with Crippen LogP contribution >= 0.6 is 0 Å². The molecule has 0 saturated heterocycles. The number of nitrogens with one attached hydrogen (secondary N) is 1. The van der Waals surface area contributed by atoms with Crippen LogP contribution in [-0.2, 0) is 0 Å². The van der Waals surface area contributed by atoms with Crippen molar-refractivity contribution in [3.63, 3.8) is 0 Å². The number of aromatic nitrogens is 3. The van der Waals surface area contributed by atoms with Crippen LogP contribution < -0.4 is 5.32 Å². The van der Waals surface area contributed by atoms with Gasteiger partial charge in [-0.3, -0.25) is 0 Å². The van der Waals surface area contributed by atoms with Gasteiger partial charge in [-0.25, -0.2) is 4.52 Å². The van der Waals surface area contributed by atoms with Gasteiger partial charge < -0.3 is 5.32 Å². The Morgan fingerprint density at radius 3 is 3.12 bits per heavy atom. The Bertz CT molecular complexity index is 545. The Balaban J connectivity index is 2.13. The second kappa shape index (κ2) is 4.67. The number of rotatable bonds is 3. The normalized spacial score (nSPS) is 9.88. The van der Waals surface area contributed by atoms with Gasteiger partial charge >= 0.3 is 0 Å². The third-order valence-corrected chi connectivity index (χ3v) is 2.27. The predicted octanol–water partition coefficient (Wildman–Crippen LogP) is 1.86. The van der Waals surface area contributed by atoms with Crippen LogP contribution in [0.15, 0.2) is 18.3 Å². The van der Waals surface area contributed by atoms with Crippen LogP contribution in [0.2, 0.25) is 0 Å². The zero-order valence-electron chi connectivity index (χ0n) is 9.49. The van der Waals surface area contributed by atoms with Crippen molar-refractivity contribution in [3.05, 3.63) is 23.9 Å². The average molecular weight is 214 g/mol. The largest absolute Gasteiger partial charge is 0.352 e. The number of nitrogens with zero attached hydrogens (tertiary/aromatic N) is 3. The van der Waals surface area contributed by atoms with E-state index in [4.69, 9.17) is 0 Å². The van der Waals surface area contributed by atoms with E-state index in [-0.39, 0.29) is 0 Å². The minimum absolute atomic E-state index is 0.659. The average Bonchev–Trinajstić information content (AvgIpc) is 2.69. The smallest absolute Gasteiger partial charge is 0.243 e. The van der Waals surface area contributed by atoms with Crippen molar-refractivity contribution in [2.75, 3.05) is 11.9 Å². The fraction of sp³-hybridized carbons (Fsp3) is 0.333. The highest BCUT2D eigenvalue weighted by Gasteiger charge is 2.03. The quantitative estimate of drug-likeness (QED) is 0.626. The first kappa shape index (κ1) is 10.5. The molecule has 2 aromatic rings. The zero-order chi connectivity index (χ0) is 11.4. The molecule has 0 aliphatic heterocycles. The number of fused-ring (bicyclic) bond motifs is 1. The number of pyridine rings is 1. The van der Waals surface area contributed by atoms with E-state index in [1.807, 2.05) is 32.2 Å². The molecule has 0 aliphatic rings. The third-order valence-electron chi connectivity index (χ3n) is 2.27. The van der Waals surface area contributed by atoms with Crippen molar-refractivity contribution in [1.82, 2.24) is 14.6 Å². The summed E-state index contributed by atoms with van der Waals surface area (Å²) < 4.78 is 1.78. The topological polar surface area (TPSA) is 42.2 Å². The summed E-state index contributed by atoms with van der Waals surface area (Å²) in [5.74, 6) is 6.50. The summed E-state index contributed by atoms with van der Waals surface area (Å²) in [6.07, 6.45) is 2.71. The van der Waals surface area contributed by atoms with Gasteiger partial charge in [0.05, 0.1) is 0 Å². The maximum Gasteiger partial charge on any atom is 0.243 e. The van der Waals surface area contributed by atoms with Gasteiger partial charge in [0.2, 0.25) is 5.95 Å². The van der Waals surface area contributed by atoms with E-state index in [0.29, 0.717) is 5.95 Å². The molecule has 2 heterocycles. The highest BCUT2D eigenvalue weighted by molar-refractivity contribution is 5.49. The lowest BCUT2D eigenvalue weighted by Crippen LogP contribution is -2.02. The van der Waals surface area contributed by atoms with Crippen molar-refractivity contribution >= 4 is 11.6 Å². The molecule has 1 N–H and O–H groups in total. The minimum Gasteiger partial charge on any atom is -0.352 e. The molecule has 82 valence electrons. The summed E-state index contributed by atoms with van der Waals surface area (Å²) in [6.45, 7) is 4.64. The summed E-state index contributed by atoms with van der Waals surface area (Å²) in [6, 6.07) is 3.99. The number of anilines is 1. The zero-order valence-corrected chi connectivity index (χ0v) is 9.49. The molecule has 16 heavy (non-hydrogen) atoms. The Labute approximate surface area is 94.7 Å². The van der Waals surface area contributed by atoms with E-state index in [1.165, 1.54) is 0 Å². The highest BCUT2D eigenvalue weighted by Crippen LogP contribution is 2.09. The summed E-state index contributed by atoms with van der Waals surface area (Å²) >= 11 is 0. The summed E-state index contributed by atoms with van der Waals surface area (Å²) in [5, 5.41) is 7.47. The predicted molar refractivity (Wildman–Crippen MR) is 64.3 cm³/mol. The van der Waals surface area contributed by atoms with Crippen molar-refractivity contribution in [2.24, 2.45) is 0 Å². The summed E-state index contributed by atoms with van der Waals surface area (Å²) in [7, 11) is 0. The van der Waals surface area contributed by atoms with Gasteiger partial charge in [-0.1, -0.05) is 6.07 Å². The van der Waals surface area contributed by atoms with Gasteiger partial charge in [-0.15, -0.1) is 16.9 Å². The maximum absolute atomic E-state index is 4.40. The molecule has 0 fully saturated rings. The van der Waals surface area contributed by atoms with E-state index in [2.05, 4.69) is 27.2 Å². The van der Waals surface area contributed by atoms with Crippen LogP contribution in [0.1, 0.15) is 18.9 Å². The molecule has 0 spiro atoms. The third kappa shape index (κ3) is 2.14. The molecule has 2 rings (SSSR count). The van der Waals surface area contributed by atoms with E-state index < -0.39 is 0 Å². The summed E-state index contributed by atoms with van der Waals surface area (Å²) in [5.41, 5.74) is 2.02. The van der Waals surface area contributed by atoms with Gasteiger partial charge in [0.15, 0.2) is 5.65 Å². The maximum atomic E-state index is 4.40. The fourth-order valence-electron chi connectivity index (χ4n) is 1.48. The molecule has 0 saturated carbocycles. The Morgan fingerprint density at radius 2 is 2.38 bits per heavy atom. The SMILES string of the molecule is CC#CCCNc1nc2c(C)cccn2n1. The molecule has 0 amide bonds. The van der Waals surface area contributed by atoms with Crippen molar-refractivity contribution in [1.29, 1.82) is 0 Å². The first-order chi connectivity index (χ1) is 7.81. The van der Waals surface area contributed by atoms with Crippen LogP contribution in [0, 0.1) is 18.8 Å². The molecular weight excluding hydrogens is 200 g/mol. The molecule has 0 atom stereocenters. The molecule has 0 aliphatic carbocycles. The van der Waals surface area contributed by atoms with Gasteiger partial charge in [-0.05, 0) is 25.5 Å². The van der Waals surface area contributed by atoms with Crippen LogP contribution in [0.3, 0.4) is 0 Å². The van der Waals surface area contributed by atoms with Crippen molar-refractivity contribution in [2.45, 2.75) is 20.3 Å². The van der Waals surface area contributed by atoms with Gasteiger partial charge in [-0.2, -0.15) is 4.98 Å². The molecule has 0 aromatic carbocycles. The van der Waals surface area contributed by atoms with Gasteiger partial charge in [0, 0.05) is 19.2 Å². The van der Waals surface area contributed by atoms with Crippen LogP contribution in [-0.4, -0.2) is 21.1 Å². The second-order valence-electron chi connectivity index (χ2n) is 3.50. The Kier molecular flexibility index (Phi) is 3.06. The van der Waals surface area contributed by atoms with E-state index >= 15 is 0 Å². The molecule has 0 unspecified atom stereocenters. The summed E-state index contributed by atoms with van der Waals surface area (Å²) in [4.78, 5) is 4.40. The lowest BCUT2D eigenvalue weighted by atomic mass is 10.3. The van der Waals surface area contributed by atoms with E-state index in [1.54, 1.807) is 4.52 Å². The van der Waals surface area contributed by atoms with Crippen LogP contribution in [0.25, 0.3) is 5.65 Å². The lowest BCUT2D eigenvalue weighted by Gasteiger charge is -1.94. The molecule has 4 heteroatoms. The Hall–Kier alpha value is -2.02. The first-order valence-corrected chi connectivity index (χ1v) is 5.27. The standard InChI is InChI=1S/C12H14N4/c1-3-4-5-8-13-12-14-11-10(2)7-6-9-16(11)15-12/h6-7,9H,5,8H2,1-2H3,(H,13,15). The van der Waals surface area contributed by atoms with E-state index in [9.17, 15) is 0 Å². The van der Waals surface area contributed by atoms with Gasteiger partial charge in [0.1, 0.15) is 0 Å². The lowest BCUT2D eigenvalue weighted by molar-refractivity contribution is 0.944. The Morgan fingerprint density at radius 1 is 1.50 bits per heavy atom.